The van der Waals surface area contributed by atoms with Gasteiger partial charge in [-0.2, -0.15) is 0 Å². The van der Waals surface area contributed by atoms with E-state index in [4.69, 9.17) is 4.74 Å². The second-order valence-corrected chi connectivity index (χ2v) is 7.29. The van der Waals surface area contributed by atoms with Crippen molar-refractivity contribution in [2.75, 3.05) is 26.3 Å². The van der Waals surface area contributed by atoms with Crippen molar-refractivity contribution in [1.82, 2.24) is 9.80 Å². The monoisotopic (exact) mass is 332 g/mol. The van der Waals surface area contributed by atoms with Crippen LogP contribution in [-0.4, -0.2) is 59.9 Å². The van der Waals surface area contributed by atoms with Gasteiger partial charge in [0.2, 0.25) is 17.7 Å². The van der Waals surface area contributed by atoms with Gasteiger partial charge in [0, 0.05) is 13.1 Å². The van der Waals surface area contributed by atoms with Crippen LogP contribution >= 0.6 is 0 Å². The molecule has 0 aromatic carbocycles. The lowest BCUT2D eigenvalue weighted by Crippen LogP contribution is -2.54. The Labute approximate surface area is 141 Å². The minimum absolute atomic E-state index is 0.0953. The number of amides is 3. The third kappa shape index (κ3) is 2.23. The molecule has 4 aliphatic rings. The molecule has 2 aliphatic heterocycles. The normalized spacial score (nSPS) is 35.7. The minimum atomic E-state index is -0.641. The number of morpholine rings is 1. The quantitative estimate of drug-likeness (QED) is 0.565. The molecule has 2 saturated heterocycles. The maximum atomic E-state index is 13.0. The Bertz CT molecular complexity index is 566. The number of nitrogens with zero attached hydrogens (tertiary/aromatic N) is 2. The summed E-state index contributed by atoms with van der Waals surface area (Å²) in [7, 11) is 0. The van der Waals surface area contributed by atoms with E-state index in [2.05, 4.69) is 12.2 Å². The van der Waals surface area contributed by atoms with Crippen LogP contribution in [0.4, 0.5) is 0 Å². The number of hydrogen-bond donors (Lipinski definition) is 0. The van der Waals surface area contributed by atoms with Gasteiger partial charge in [-0.25, -0.2) is 0 Å². The topological polar surface area (TPSA) is 66.9 Å². The fraction of sp³-hybridized carbons (Fsp3) is 0.722. The van der Waals surface area contributed by atoms with Crippen LogP contribution in [-0.2, 0) is 19.1 Å². The number of ether oxygens (including phenoxy) is 1. The minimum Gasteiger partial charge on any atom is -0.378 e. The number of carbonyl (C=O) groups is 3. The van der Waals surface area contributed by atoms with E-state index < -0.39 is 6.04 Å². The number of hydrogen-bond acceptors (Lipinski definition) is 4. The van der Waals surface area contributed by atoms with Gasteiger partial charge in [-0.3, -0.25) is 19.3 Å². The third-order valence-corrected chi connectivity index (χ3v) is 5.99. The summed E-state index contributed by atoms with van der Waals surface area (Å²) in [5.41, 5.74) is 0. The Morgan fingerprint density at radius 1 is 1.17 bits per heavy atom. The van der Waals surface area contributed by atoms with Crippen molar-refractivity contribution in [3.8, 4) is 0 Å². The maximum absolute atomic E-state index is 13.0. The predicted octanol–water partition coefficient (Wildman–Crippen LogP) is 0.821. The highest BCUT2D eigenvalue weighted by Crippen LogP contribution is 2.53. The van der Waals surface area contributed by atoms with Gasteiger partial charge in [0.25, 0.3) is 0 Å². The average molecular weight is 332 g/mol. The number of imide groups is 1. The molecule has 2 heterocycles. The van der Waals surface area contributed by atoms with E-state index in [9.17, 15) is 14.4 Å². The Hall–Kier alpha value is -1.69. The molecular weight excluding hydrogens is 308 g/mol. The first-order chi connectivity index (χ1) is 11.6. The van der Waals surface area contributed by atoms with Crippen LogP contribution in [0.15, 0.2) is 12.2 Å². The highest BCUT2D eigenvalue weighted by molar-refractivity contribution is 6.09. The van der Waals surface area contributed by atoms with Gasteiger partial charge in [0.15, 0.2) is 0 Å². The van der Waals surface area contributed by atoms with Crippen molar-refractivity contribution in [3.63, 3.8) is 0 Å². The predicted molar refractivity (Wildman–Crippen MR) is 85.7 cm³/mol. The second-order valence-electron chi connectivity index (χ2n) is 7.29. The van der Waals surface area contributed by atoms with Crippen LogP contribution < -0.4 is 0 Å². The molecule has 0 radical (unpaired) electrons. The highest BCUT2D eigenvalue weighted by atomic mass is 16.5. The maximum Gasteiger partial charge on any atom is 0.246 e. The molecule has 0 N–H and O–H groups in total. The molecule has 0 spiro atoms. The third-order valence-electron chi connectivity index (χ3n) is 5.99. The molecule has 3 fully saturated rings. The Kier molecular flexibility index (Phi) is 3.95. The Morgan fingerprint density at radius 2 is 1.75 bits per heavy atom. The van der Waals surface area contributed by atoms with Crippen LogP contribution in [0.5, 0.6) is 0 Å². The van der Waals surface area contributed by atoms with Crippen molar-refractivity contribution in [2.24, 2.45) is 23.7 Å². The van der Waals surface area contributed by atoms with Gasteiger partial charge in [0.1, 0.15) is 6.04 Å². The average Bonchev–Trinajstić information content (AvgIpc) is 3.28. The summed E-state index contributed by atoms with van der Waals surface area (Å²) in [6.07, 6.45) is 6.38. The molecular formula is C18H24N2O4. The molecule has 5 atom stereocenters. The number of carbonyl (C=O) groups excluding carboxylic acids is 3. The zero-order chi connectivity index (χ0) is 16.8. The number of allylic oxidation sites excluding steroid dienone is 2. The van der Waals surface area contributed by atoms with E-state index in [0.717, 1.165) is 12.8 Å². The first-order valence-electron chi connectivity index (χ1n) is 9.05. The summed E-state index contributed by atoms with van der Waals surface area (Å²) in [5, 5.41) is 0. The van der Waals surface area contributed by atoms with E-state index in [1.807, 2.05) is 6.92 Å². The summed E-state index contributed by atoms with van der Waals surface area (Å²) >= 11 is 0. The summed E-state index contributed by atoms with van der Waals surface area (Å²) in [6, 6.07) is -0.641. The molecule has 3 amide bonds. The molecule has 0 aromatic rings. The summed E-state index contributed by atoms with van der Waals surface area (Å²) < 4.78 is 5.30. The van der Waals surface area contributed by atoms with E-state index >= 15 is 0 Å². The lowest BCUT2D eigenvalue weighted by Gasteiger charge is -2.34. The standard InChI is InChI=1S/C18H24N2O4/c1-2-3-13(16(21)19-6-8-24-9-7-19)20-17(22)14-11-4-5-12(10-11)15(14)18(20)23/h4-5,11-15H,2-3,6-10H2,1H3/t11-,12-,13+,14-,15+/m1/s1. The zero-order valence-corrected chi connectivity index (χ0v) is 14.0. The molecule has 6 nitrogen and oxygen atoms in total. The molecule has 0 unspecified atom stereocenters. The van der Waals surface area contributed by atoms with Gasteiger partial charge < -0.3 is 9.64 Å². The van der Waals surface area contributed by atoms with Crippen molar-refractivity contribution in [3.05, 3.63) is 12.2 Å². The van der Waals surface area contributed by atoms with Gasteiger partial charge in [-0.15, -0.1) is 0 Å². The van der Waals surface area contributed by atoms with Gasteiger partial charge >= 0.3 is 0 Å². The second kappa shape index (κ2) is 5.99. The van der Waals surface area contributed by atoms with E-state index in [0.29, 0.717) is 32.7 Å². The van der Waals surface area contributed by atoms with Crippen LogP contribution in [0.3, 0.4) is 0 Å². The number of likely N-dealkylation sites (tertiary alicyclic amines) is 1. The molecule has 2 bridgehead atoms. The fourth-order valence-corrected chi connectivity index (χ4v) is 4.86. The van der Waals surface area contributed by atoms with E-state index in [-0.39, 0.29) is 41.4 Å². The SMILES string of the molecule is CCC[C@@H](C(=O)N1CCOCC1)N1C(=O)[C@@H]2[C@H](C1=O)[C@@H]1C=C[C@@H]2C1. The first kappa shape index (κ1) is 15.8. The molecule has 4 rings (SSSR count). The lowest BCUT2D eigenvalue weighted by atomic mass is 9.85. The van der Waals surface area contributed by atoms with Crippen LogP contribution in [0.2, 0.25) is 0 Å². The smallest absolute Gasteiger partial charge is 0.246 e. The van der Waals surface area contributed by atoms with Gasteiger partial charge in [-0.05, 0) is 24.7 Å². The highest BCUT2D eigenvalue weighted by Gasteiger charge is 2.61. The molecule has 1 saturated carbocycles. The first-order valence-corrected chi connectivity index (χ1v) is 9.05. The van der Waals surface area contributed by atoms with Crippen LogP contribution in [0.1, 0.15) is 26.2 Å². The zero-order valence-electron chi connectivity index (χ0n) is 14.0. The summed E-state index contributed by atoms with van der Waals surface area (Å²) in [5.74, 6) is -0.441. The molecule has 2 aliphatic carbocycles. The fourth-order valence-electron chi connectivity index (χ4n) is 4.86. The van der Waals surface area contributed by atoms with Crippen molar-refractivity contribution in [1.29, 1.82) is 0 Å². The summed E-state index contributed by atoms with van der Waals surface area (Å²) in [6.45, 7) is 4.10. The van der Waals surface area contributed by atoms with Gasteiger partial charge in [-0.1, -0.05) is 25.5 Å². The van der Waals surface area contributed by atoms with Crippen molar-refractivity contribution in [2.45, 2.75) is 32.2 Å². The molecule has 24 heavy (non-hydrogen) atoms. The van der Waals surface area contributed by atoms with Crippen molar-refractivity contribution >= 4 is 17.7 Å². The van der Waals surface area contributed by atoms with Gasteiger partial charge in [0.05, 0.1) is 25.0 Å². The van der Waals surface area contributed by atoms with Crippen LogP contribution in [0, 0.1) is 23.7 Å². The molecule has 130 valence electrons. The lowest BCUT2D eigenvalue weighted by molar-refractivity contribution is -0.154. The van der Waals surface area contributed by atoms with Crippen molar-refractivity contribution < 1.29 is 19.1 Å². The van der Waals surface area contributed by atoms with Crippen LogP contribution in [0.25, 0.3) is 0 Å². The summed E-state index contributed by atoms with van der Waals surface area (Å²) in [4.78, 5) is 42.0. The van der Waals surface area contributed by atoms with E-state index in [1.165, 1.54) is 4.90 Å². The number of fused-ring (bicyclic) bond motifs is 5. The Morgan fingerprint density at radius 3 is 2.29 bits per heavy atom. The Balaban J connectivity index is 1.58. The molecule has 0 aromatic heterocycles. The molecule has 6 heteroatoms. The number of rotatable bonds is 4. The largest absolute Gasteiger partial charge is 0.378 e. The van der Waals surface area contributed by atoms with E-state index in [1.54, 1.807) is 4.90 Å².